The Balaban J connectivity index is 1.97. The lowest BCUT2D eigenvalue weighted by atomic mass is 10.0. The molecule has 19 heavy (non-hydrogen) atoms. The molecule has 0 aromatic heterocycles. The SMILES string of the molecule is N#Cc1cccc(N2CC3CNCC3C2)c1[N+](=O)[O-]. The number of anilines is 1. The number of nitrogens with zero attached hydrogens (tertiary/aromatic N) is 3. The van der Waals surface area contributed by atoms with E-state index in [1.54, 1.807) is 12.1 Å². The molecule has 98 valence electrons. The van der Waals surface area contributed by atoms with Gasteiger partial charge in [-0.3, -0.25) is 10.1 Å². The highest BCUT2D eigenvalue weighted by Crippen LogP contribution is 2.37. The van der Waals surface area contributed by atoms with Gasteiger partial charge in [0.25, 0.3) is 0 Å². The lowest BCUT2D eigenvalue weighted by Crippen LogP contribution is -2.26. The zero-order valence-corrected chi connectivity index (χ0v) is 10.4. The first-order chi connectivity index (χ1) is 9.20. The lowest BCUT2D eigenvalue weighted by molar-refractivity contribution is -0.384. The number of nitrogens with one attached hydrogen (secondary N) is 1. The van der Waals surface area contributed by atoms with Crippen molar-refractivity contribution < 1.29 is 4.92 Å². The van der Waals surface area contributed by atoms with Gasteiger partial charge in [0.05, 0.1) is 4.92 Å². The van der Waals surface area contributed by atoms with Crippen molar-refractivity contribution in [1.29, 1.82) is 5.26 Å². The van der Waals surface area contributed by atoms with Crippen LogP contribution in [0.15, 0.2) is 18.2 Å². The average molecular weight is 258 g/mol. The molecule has 1 aromatic rings. The van der Waals surface area contributed by atoms with Gasteiger partial charge in [-0.2, -0.15) is 5.26 Å². The molecule has 2 aliphatic rings. The molecule has 2 aliphatic heterocycles. The van der Waals surface area contributed by atoms with Crippen LogP contribution in [0.1, 0.15) is 5.56 Å². The maximum atomic E-state index is 11.2. The highest BCUT2D eigenvalue weighted by atomic mass is 16.6. The summed E-state index contributed by atoms with van der Waals surface area (Å²) in [5.74, 6) is 1.12. The minimum Gasteiger partial charge on any atom is -0.365 e. The van der Waals surface area contributed by atoms with Gasteiger partial charge in [0.1, 0.15) is 17.3 Å². The molecule has 0 aliphatic carbocycles. The number of fused-ring (bicyclic) bond motifs is 1. The summed E-state index contributed by atoms with van der Waals surface area (Å²) >= 11 is 0. The van der Waals surface area contributed by atoms with Crippen molar-refractivity contribution in [2.75, 3.05) is 31.1 Å². The van der Waals surface area contributed by atoms with Crippen LogP contribution in [-0.2, 0) is 0 Å². The predicted molar refractivity (Wildman–Crippen MR) is 69.9 cm³/mol. The van der Waals surface area contributed by atoms with Gasteiger partial charge in [0, 0.05) is 26.2 Å². The van der Waals surface area contributed by atoms with Crippen molar-refractivity contribution in [1.82, 2.24) is 5.32 Å². The van der Waals surface area contributed by atoms with E-state index in [2.05, 4.69) is 10.2 Å². The summed E-state index contributed by atoms with van der Waals surface area (Å²) in [6.45, 7) is 3.61. The van der Waals surface area contributed by atoms with Crippen LogP contribution in [-0.4, -0.2) is 31.1 Å². The third-order valence-corrected chi connectivity index (χ3v) is 4.05. The van der Waals surface area contributed by atoms with Crippen LogP contribution in [0.3, 0.4) is 0 Å². The Kier molecular flexibility index (Phi) is 2.84. The second kappa shape index (κ2) is 4.52. The van der Waals surface area contributed by atoms with E-state index in [1.807, 2.05) is 6.07 Å². The Labute approximate surface area is 110 Å². The summed E-state index contributed by atoms with van der Waals surface area (Å²) in [5, 5.41) is 23.6. The molecule has 2 unspecified atom stereocenters. The van der Waals surface area contributed by atoms with Crippen molar-refractivity contribution in [2.45, 2.75) is 0 Å². The van der Waals surface area contributed by atoms with E-state index in [-0.39, 0.29) is 11.3 Å². The van der Waals surface area contributed by atoms with Crippen LogP contribution in [0.5, 0.6) is 0 Å². The fourth-order valence-electron chi connectivity index (χ4n) is 3.12. The Hall–Kier alpha value is -2.13. The summed E-state index contributed by atoms with van der Waals surface area (Å²) in [6.07, 6.45) is 0. The summed E-state index contributed by atoms with van der Waals surface area (Å²) in [7, 11) is 0. The quantitative estimate of drug-likeness (QED) is 0.635. The van der Waals surface area contributed by atoms with Crippen molar-refractivity contribution in [2.24, 2.45) is 11.8 Å². The Bertz CT molecular complexity index is 554. The molecule has 6 nitrogen and oxygen atoms in total. The molecule has 6 heteroatoms. The van der Waals surface area contributed by atoms with Gasteiger partial charge in [-0.15, -0.1) is 0 Å². The molecule has 2 fully saturated rings. The Morgan fingerprint density at radius 2 is 2.05 bits per heavy atom. The fourth-order valence-corrected chi connectivity index (χ4v) is 3.12. The fraction of sp³-hybridized carbons (Fsp3) is 0.462. The molecular weight excluding hydrogens is 244 g/mol. The highest BCUT2D eigenvalue weighted by Gasteiger charge is 2.38. The van der Waals surface area contributed by atoms with Crippen molar-refractivity contribution in [3.8, 4) is 6.07 Å². The number of para-hydroxylation sites is 1. The number of rotatable bonds is 2. The summed E-state index contributed by atoms with van der Waals surface area (Å²) in [5.41, 5.74) is 0.661. The van der Waals surface area contributed by atoms with Gasteiger partial charge in [0.2, 0.25) is 0 Å². The third kappa shape index (κ3) is 1.92. The summed E-state index contributed by atoms with van der Waals surface area (Å²) in [4.78, 5) is 12.8. The topological polar surface area (TPSA) is 82.2 Å². The van der Waals surface area contributed by atoms with Gasteiger partial charge >= 0.3 is 5.69 Å². The molecule has 0 amide bonds. The van der Waals surface area contributed by atoms with Gasteiger partial charge in [-0.1, -0.05) is 6.07 Å². The molecule has 2 saturated heterocycles. The molecule has 2 heterocycles. The van der Waals surface area contributed by atoms with Crippen molar-refractivity contribution in [3.05, 3.63) is 33.9 Å². The molecule has 0 radical (unpaired) electrons. The van der Waals surface area contributed by atoms with Crippen LogP contribution in [0.2, 0.25) is 0 Å². The second-order valence-corrected chi connectivity index (χ2v) is 5.13. The van der Waals surface area contributed by atoms with Gasteiger partial charge < -0.3 is 10.2 Å². The van der Waals surface area contributed by atoms with Crippen LogP contribution in [0.4, 0.5) is 11.4 Å². The summed E-state index contributed by atoms with van der Waals surface area (Å²) in [6, 6.07) is 6.87. The average Bonchev–Trinajstić information content (AvgIpc) is 2.98. The largest absolute Gasteiger partial charge is 0.365 e. The van der Waals surface area contributed by atoms with E-state index >= 15 is 0 Å². The van der Waals surface area contributed by atoms with Gasteiger partial charge in [0.15, 0.2) is 0 Å². The number of nitriles is 1. The second-order valence-electron chi connectivity index (χ2n) is 5.13. The zero-order valence-electron chi connectivity index (χ0n) is 10.4. The summed E-state index contributed by atoms with van der Waals surface area (Å²) < 4.78 is 0. The standard InChI is InChI=1S/C13H14N4O2/c14-4-9-2-1-3-12(13(9)17(18)19)16-7-10-5-15-6-11(10)8-16/h1-3,10-11,15H,5-8H2. The molecule has 1 aromatic carbocycles. The van der Waals surface area contributed by atoms with E-state index in [9.17, 15) is 10.1 Å². The number of nitro groups is 1. The third-order valence-electron chi connectivity index (χ3n) is 4.05. The van der Waals surface area contributed by atoms with E-state index in [0.717, 1.165) is 26.2 Å². The normalized spacial score (nSPS) is 25.1. The van der Waals surface area contributed by atoms with Crippen LogP contribution in [0.25, 0.3) is 0 Å². The minimum atomic E-state index is -0.444. The molecule has 2 atom stereocenters. The van der Waals surface area contributed by atoms with Crippen LogP contribution in [0, 0.1) is 33.3 Å². The van der Waals surface area contributed by atoms with Gasteiger partial charge in [-0.25, -0.2) is 0 Å². The number of benzene rings is 1. The molecule has 0 spiro atoms. The molecular formula is C13H14N4O2. The van der Waals surface area contributed by atoms with Gasteiger partial charge in [-0.05, 0) is 24.0 Å². The first-order valence-corrected chi connectivity index (χ1v) is 6.34. The number of hydrogen-bond donors (Lipinski definition) is 1. The molecule has 0 bridgehead atoms. The highest BCUT2D eigenvalue weighted by molar-refractivity contribution is 5.70. The maximum absolute atomic E-state index is 11.2. The van der Waals surface area contributed by atoms with Crippen LogP contribution < -0.4 is 10.2 Å². The molecule has 1 N–H and O–H groups in total. The van der Waals surface area contributed by atoms with E-state index in [1.165, 1.54) is 6.07 Å². The Morgan fingerprint density at radius 1 is 1.37 bits per heavy atom. The van der Waals surface area contributed by atoms with Crippen molar-refractivity contribution >= 4 is 11.4 Å². The minimum absolute atomic E-state index is 0.0575. The Morgan fingerprint density at radius 3 is 2.63 bits per heavy atom. The molecule has 3 rings (SSSR count). The monoisotopic (exact) mass is 258 g/mol. The number of nitro benzene ring substituents is 1. The number of hydrogen-bond acceptors (Lipinski definition) is 5. The predicted octanol–water partition coefficient (Wildman–Crippen LogP) is 1.12. The smallest absolute Gasteiger partial charge is 0.310 e. The first kappa shape index (κ1) is 11.9. The first-order valence-electron chi connectivity index (χ1n) is 6.34. The zero-order chi connectivity index (χ0) is 13.4. The maximum Gasteiger partial charge on any atom is 0.310 e. The van der Waals surface area contributed by atoms with E-state index in [0.29, 0.717) is 17.5 Å². The molecule has 0 saturated carbocycles. The van der Waals surface area contributed by atoms with Crippen LogP contribution >= 0.6 is 0 Å². The van der Waals surface area contributed by atoms with E-state index < -0.39 is 4.92 Å². The lowest BCUT2D eigenvalue weighted by Gasteiger charge is -2.19. The van der Waals surface area contributed by atoms with E-state index in [4.69, 9.17) is 5.26 Å². The van der Waals surface area contributed by atoms with Crippen molar-refractivity contribution in [3.63, 3.8) is 0 Å².